The van der Waals surface area contributed by atoms with Crippen molar-refractivity contribution >= 4 is 11.6 Å². The Bertz CT molecular complexity index is 461. The highest BCUT2D eigenvalue weighted by molar-refractivity contribution is 5.50. The van der Waals surface area contributed by atoms with Gasteiger partial charge in [0.15, 0.2) is 0 Å². The van der Waals surface area contributed by atoms with Crippen LogP contribution < -0.4 is 10.2 Å². The second-order valence-electron chi connectivity index (χ2n) is 4.86. The van der Waals surface area contributed by atoms with E-state index in [1.807, 2.05) is 13.1 Å². The summed E-state index contributed by atoms with van der Waals surface area (Å²) in [6.07, 6.45) is 4.87. The van der Waals surface area contributed by atoms with E-state index in [1.54, 1.807) is 0 Å². The molecule has 5 heteroatoms. The summed E-state index contributed by atoms with van der Waals surface area (Å²) in [5.41, 5.74) is 0. The van der Waals surface area contributed by atoms with Gasteiger partial charge in [-0.15, -0.1) is 0 Å². The fraction of sp³-hybridized carbons (Fsp3) is 0.643. The van der Waals surface area contributed by atoms with E-state index < -0.39 is 0 Å². The van der Waals surface area contributed by atoms with Crippen molar-refractivity contribution in [2.45, 2.75) is 45.1 Å². The van der Waals surface area contributed by atoms with Gasteiger partial charge in [0.2, 0.25) is 0 Å². The SMILES string of the molecule is CCCc1nc(NC)cc(N(CCC#N)C2CC2)n1. The van der Waals surface area contributed by atoms with Crippen LogP contribution in [0.4, 0.5) is 11.6 Å². The first kappa shape index (κ1) is 13.6. The topological polar surface area (TPSA) is 64.8 Å². The second-order valence-corrected chi connectivity index (χ2v) is 4.86. The molecule has 1 aromatic heterocycles. The first-order chi connectivity index (χ1) is 9.28. The zero-order chi connectivity index (χ0) is 13.7. The van der Waals surface area contributed by atoms with Crippen molar-refractivity contribution < 1.29 is 0 Å². The van der Waals surface area contributed by atoms with Crippen molar-refractivity contribution in [2.24, 2.45) is 0 Å². The third-order valence-corrected chi connectivity index (χ3v) is 3.24. The van der Waals surface area contributed by atoms with Gasteiger partial charge in [-0.05, 0) is 19.3 Å². The minimum atomic E-state index is 0.540. The lowest BCUT2D eigenvalue weighted by Gasteiger charge is -2.23. The van der Waals surface area contributed by atoms with Gasteiger partial charge in [-0.1, -0.05) is 6.92 Å². The van der Waals surface area contributed by atoms with Crippen LogP contribution in [0.15, 0.2) is 6.07 Å². The molecule has 1 heterocycles. The standard InChI is InChI=1S/C14H21N5/c1-3-5-12-17-13(16-2)10-14(18-12)19(9-4-8-15)11-6-7-11/h10-11H,3-7,9H2,1-2H3,(H,16,17,18). The average Bonchev–Trinajstić information content (AvgIpc) is 3.24. The molecule has 1 N–H and O–H groups in total. The van der Waals surface area contributed by atoms with E-state index in [1.165, 1.54) is 12.8 Å². The molecule has 2 rings (SSSR count). The number of nitrogens with one attached hydrogen (secondary N) is 1. The maximum atomic E-state index is 8.78. The predicted octanol–water partition coefficient (Wildman–Crippen LogP) is 2.35. The summed E-state index contributed by atoms with van der Waals surface area (Å²) < 4.78 is 0. The molecule has 0 saturated heterocycles. The summed E-state index contributed by atoms with van der Waals surface area (Å²) in [6, 6.07) is 4.76. The predicted molar refractivity (Wildman–Crippen MR) is 76.2 cm³/mol. The molecule has 0 atom stereocenters. The van der Waals surface area contributed by atoms with Gasteiger partial charge in [0, 0.05) is 32.1 Å². The molecule has 0 aromatic carbocycles. The molecule has 0 radical (unpaired) electrons. The van der Waals surface area contributed by atoms with Gasteiger partial charge in [-0.2, -0.15) is 5.26 Å². The van der Waals surface area contributed by atoms with Gasteiger partial charge < -0.3 is 10.2 Å². The Labute approximate surface area is 114 Å². The molecule has 0 spiro atoms. The molecule has 1 aromatic rings. The lowest BCUT2D eigenvalue weighted by Crippen LogP contribution is -2.28. The molecule has 1 aliphatic carbocycles. The Balaban J connectivity index is 2.24. The molecule has 0 unspecified atom stereocenters. The number of rotatable bonds is 7. The molecule has 102 valence electrons. The van der Waals surface area contributed by atoms with Gasteiger partial charge in [0.05, 0.1) is 12.5 Å². The molecule has 0 aliphatic heterocycles. The average molecular weight is 259 g/mol. The third-order valence-electron chi connectivity index (χ3n) is 3.24. The van der Waals surface area contributed by atoms with E-state index >= 15 is 0 Å². The quantitative estimate of drug-likeness (QED) is 0.814. The molecule has 1 fully saturated rings. The molecular weight excluding hydrogens is 238 g/mol. The van der Waals surface area contributed by atoms with Crippen molar-refractivity contribution in [3.8, 4) is 6.07 Å². The van der Waals surface area contributed by atoms with Crippen LogP contribution in [-0.4, -0.2) is 29.6 Å². The van der Waals surface area contributed by atoms with Crippen LogP contribution >= 0.6 is 0 Å². The Hall–Kier alpha value is -1.83. The number of aryl methyl sites for hydroxylation is 1. The normalized spacial score (nSPS) is 13.9. The van der Waals surface area contributed by atoms with Gasteiger partial charge in [0.1, 0.15) is 17.5 Å². The minimum Gasteiger partial charge on any atom is -0.373 e. The van der Waals surface area contributed by atoms with E-state index in [4.69, 9.17) is 5.26 Å². The van der Waals surface area contributed by atoms with E-state index in [0.29, 0.717) is 12.5 Å². The van der Waals surface area contributed by atoms with E-state index in [2.05, 4.69) is 33.2 Å². The number of aromatic nitrogens is 2. The summed E-state index contributed by atoms with van der Waals surface area (Å²) in [7, 11) is 1.87. The molecule has 1 saturated carbocycles. The first-order valence-electron chi connectivity index (χ1n) is 6.97. The maximum Gasteiger partial charge on any atom is 0.134 e. The maximum absolute atomic E-state index is 8.78. The molecule has 0 bridgehead atoms. The zero-order valence-electron chi connectivity index (χ0n) is 11.7. The highest BCUT2D eigenvalue weighted by atomic mass is 15.2. The van der Waals surface area contributed by atoms with E-state index in [0.717, 1.165) is 36.8 Å². The Kier molecular flexibility index (Phi) is 4.56. The van der Waals surface area contributed by atoms with Crippen LogP contribution in [0, 0.1) is 11.3 Å². The van der Waals surface area contributed by atoms with E-state index in [9.17, 15) is 0 Å². The molecule has 19 heavy (non-hydrogen) atoms. The third kappa shape index (κ3) is 3.57. The summed E-state index contributed by atoms with van der Waals surface area (Å²) in [5, 5.41) is 11.9. The Morgan fingerprint density at radius 2 is 2.26 bits per heavy atom. The summed E-state index contributed by atoms with van der Waals surface area (Å²) in [4.78, 5) is 11.4. The van der Waals surface area contributed by atoms with Crippen molar-refractivity contribution in [1.82, 2.24) is 9.97 Å². The highest BCUT2D eigenvalue weighted by Crippen LogP contribution is 2.31. The molecular formula is C14H21N5. The van der Waals surface area contributed by atoms with Crippen LogP contribution in [0.25, 0.3) is 0 Å². The first-order valence-corrected chi connectivity index (χ1v) is 6.97. The number of anilines is 2. The van der Waals surface area contributed by atoms with Crippen LogP contribution in [0.3, 0.4) is 0 Å². The number of hydrogen-bond donors (Lipinski definition) is 1. The van der Waals surface area contributed by atoms with Gasteiger partial charge >= 0.3 is 0 Å². The van der Waals surface area contributed by atoms with Crippen LogP contribution in [0.2, 0.25) is 0 Å². The smallest absolute Gasteiger partial charge is 0.134 e. The largest absolute Gasteiger partial charge is 0.373 e. The fourth-order valence-electron chi connectivity index (χ4n) is 2.13. The Morgan fingerprint density at radius 1 is 1.47 bits per heavy atom. The van der Waals surface area contributed by atoms with Crippen LogP contribution in [-0.2, 0) is 6.42 Å². The van der Waals surface area contributed by atoms with Crippen molar-refractivity contribution in [3.63, 3.8) is 0 Å². The molecule has 5 nitrogen and oxygen atoms in total. The van der Waals surface area contributed by atoms with Crippen molar-refractivity contribution in [1.29, 1.82) is 5.26 Å². The minimum absolute atomic E-state index is 0.540. The number of hydrogen-bond acceptors (Lipinski definition) is 5. The zero-order valence-corrected chi connectivity index (χ0v) is 11.7. The lowest BCUT2D eigenvalue weighted by atomic mass is 10.3. The lowest BCUT2D eigenvalue weighted by molar-refractivity contribution is 0.758. The molecule has 0 amide bonds. The molecule has 1 aliphatic rings. The van der Waals surface area contributed by atoms with Crippen LogP contribution in [0.5, 0.6) is 0 Å². The van der Waals surface area contributed by atoms with E-state index in [-0.39, 0.29) is 0 Å². The fourth-order valence-corrected chi connectivity index (χ4v) is 2.13. The summed E-state index contributed by atoms with van der Waals surface area (Å²) in [6.45, 7) is 2.89. The summed E-state index contributed by atoms with van der Waals surface area (Å²) >= 11 is 0. The number of nitriles is 1. The highest BCUT2D eigenvalue weighted by Gasteiger charge is 2.30. The van der Waals surface area contributed by atoms with Gasteiger partial charge in [-0.3, -0.25) is 0 Å². The Morgan fingerprint density at radius 3 is 2.84 bits per heavy atom. The van der Waals surface area contributed by atoms with Gasteiger partial charge in [-0.25, -0.2) is 9.97 Å². The van der Waals surface area contributed by atoms with Gasteiger partial charge in [0.25, 0.3) is 0 Å². The monoisotopic (exact) mass is 259 g/mol. The number of nitrogens with zero attached hydrogens (tertiary/aromatic N) is 4. The van der Waals surface area contributed by atoms with Crippen molar-refractivity contribution in [2.75, 3.05) is 23.8 Å². The summed E-state index contributed by atoms with van der Waals surface area (Å²) in [5.74, 6) is 2.70. The second kappa shape index (κ2) is 6.37. The van der Waals surface area contributed by atoms with Crippen LogP contribution in [0.1, 0.15) is 38.4 Å². The van der Waals surface area contributed by atoms with Crippen molar-refractivity contribution in [3.05, 3.63) is 11.9 Å².